The fraction of sp³-hybridized carbons (Fsp3) is 0.250. The summed E-state index contributed by atoms with van der Waals surface area (Å²) >= 11 is 0. The maximum absolute atomic E-state index is 4.56. The van der Waals surface area contributed by atoms with Gasteiger partial charge in [0.1, 0.15) is 11.6 Å². The molecule has 0 amide bonds. The Labute approximate surface area is 134 Å². The van der Waals surface area contributed by atoms with E-state index in [0.717, 1.165) is 28.6 Å². The Hall–Kier alpha value is -2.96. The van der Waals surface area contributed by atoms with Crippen LogP contribution in [0.4, 0.5) is 17.6 Å². The fourth-order valence-electron chi connectivity index (χ4n) is 2.12. The van der Waals surface area contributed by atoms with E-state index in [1.165, 1.54) is 0 Å². The Morgan fingerprint density at radius 1 is 1.09 bits per heavy atom. The molecule has 3 aromatic rings. The Morgan fingerprint density at radius 3 is 2.65 bits per heavy atom. The summed E-state index contributed by atoms with van der Waals surface area (Å²) in [5.41, 5.74) is 2.87. The van der Waals surface area contributed by atoms with Crippen molar-refractivity contribution in [2.45, 2.75) is 20.4 Å². The van der Waals surface area contributed by atoms with Crippen LogP contribution in [0.5, 0.6) is 0 Å². The number of rotatable bonds is 5. The van der Waals surface area contributed by atoms with E-state index in [2.05, 4.69) is 30.7 Å². The predicted octanol–water partition coefficient (Wildman–Crippen LogP) is 2.58. The summed E-state index contributed by atoms with van der Waals surface area (Å²) in [4.78, 5) is 13.3. The van der Waals surface area contributed by atoms with Crippen molar-refractivity contribution in [3.63, 3.8) is 0 Å². The van der Waals surface area contributed by atoms with Crippen LogP contribution in [-0.4, -0.2) is 24.7 Å². The lowest BCUT2D eigenvalue weighted by atomic mass is 10.2. The summed E-state index contributed by atoms with van der Waals surface area (Å²) in [5, 5.41) is 10.7. The number of pyridine rings is 1. The number of aromatic nitrogens is 5. The lowest BCUT2D eigenvalue weighted by Gasteiger charge is -2.13. The standard InChI is InChI=1S/C16H19N7/c1-11-12(2)20-16(18-10-13-6-4-5-8-17-13)22-15(11)21-14-7-9-19-23(14)3/h4-9H,10H2,1-3H3,(H2,18,20,21,22). The van der Waals surface area contributed by atoms with Crippen LogP contribution < -0.4 is 10.6 Å². The minimum Gasteiger partial charge on any atom is -0.349 e. The highest BCUT2D eigenvalue weighted by molar-refractivity contribution is 5.58. The summed E-state index contributed by atoms with van der Waals surface area (Å²) in [6.07, 6.45) is 3.51. The van der Waals surface area contributed by atoms with Crippen LogP contribution >= 0.6 is 0 Å². The monoisotopic (exact) mass is 309 g/mol. The molecule has 0 atom stereocenters. The molecule has 0 saturated heterocycles. The van der Waals surface area contributed by atoms with Crippen molar-refractivity contribution in [2.75, 3.05) is 10.6 Å². The maximum Gasteiger partial charge on any atom is 0.225 e. The molecule has 0 radical (unpaired) electrons. The van der Waals surface area contributed by atoms with E-state index in [-0.39, 0.29) is 0 Å². The Kier molecular flexibility index (Phi) is 4.18. The quantitative estimate of drug-likeness (QED) is 0.754. The van der Waals surface area contributed by atoms with Gasteiger partial charge in [-0.2, -0.15) is 10.1 Å². The summed E-state index contributed by atoms with van der Waals surface area (Å²) < 4.78 is 1.76. The second-order valence-corrected chi connectivity index (χ2v) is 5.25. The van der Waals surface area contributed by atoms with E-state index in [1.54, 1.807) is 17.1 Å². The first kappa shape index (κ1) is 15.0. The van der Waals surface area contributed by atoms with Crippen LogP contribution in [0.15, 0.2) is 36.7 Å². The van der Waals surface area contributed by atoms with Crippen molar-refractivity contribution in [2.24, 2.45) is 7.05 Å². The van der Waals surface area contributed by atoms with E-state index in [9.17, 15) is 0 Å². The number of aryl methyl sites for hydroxylation is 2. The van der Waals surface area contributed by atoms with Gasteiger partial charge in [-0.3, -0.25) is 9.67 Å². The fourth-order valence-corrected chi connectivity index (χ4v) is 2.12. The first-order valence-corrected chi connectivity index (χ1v) is 7.37. The average molecular weight is 309 g/mol. The van der Waals surface area contributed by atoms with Crippen molar-refractivity contribution in [3.8, 4) is 0 Å². The minimum absolute atomic E-state index is 0.573. The predicted molar refractivity (Wildman–Crippen MR) is 89.6 cm³/mol. The molecule has 0 spiro atoms. The summed E-state index contributed by atoms with van der Waals surface area (Å²) in [5.74, 6) is 2.22. The lowest BCUT2D eigenvalue weighted by molar-refractivity contribution is 0.775. The second-order valence-electron chi connectivity index (χ2n) is 5.25. The van der Waals surface area contributed by atoms with Gasteiger partial charge in [-0.05, 0) is 26.0 Å². The smallest absolute Gasteiger partial charge is 0.225 e. The number of nitrogens with zero attached hydrogens (tertiary/aromatic N) is 5. The van der Waals surface area contributed by atoms with E-state index in [4.69, 9.17) is 0 Å². The van der Waals surface area contributed by atoms with E-state index in [0.29, 0.717) is 12.5 Å². The average Bonchev–Trinajstić information content (AvgIpc) is 2.96. The molecule has 7 heteroatoms. The van der Waals surface area contributed by atoms with Gasteiger partial charge in [-0.15, -0.1) is 0 Å². The molecule has 7 nitrogen and oxygen atoms in total. The van der Waals surface area contributed by atoms with Gasteiger partial charge in [-0.25, -0.2) is 4.98 Å². The number of nitrogens with one attached hydrogen (secondary N) is 2. The molecule has 0 fully saturated rings. The third-order valence-corrected chi connectivity index (χ3v) is 3.61. The molecule has 0 aliphatic carbocycles. The van der Waals surface area contributed by atoms with Crippen molar-refractivity contribution >= 4 is 17.6 Å². The van der Waals surface area contributed by atoms with Gasteiger partial charge in [0.2, 0.25) is 5.95 Å². The molecule has 0 unspecified atom stereocenters. The third-order valence-electron chi connectivity index (χ3n) is 3.61. The first-order chi connectivity index (χ1) is 11.1. The summed E-state index contributed by atoms with van der Waals surface area (Å²) in [6.45, 7) is 4.54. The number of hydrogen-bond acceptors (Lipinski definition) is 6. The Bertz CT molecular complexity index is 795. The highest BCUT2D eigenvalue weighted by Gasteiger charge is 2.10. The third kappa shape index (κ3) is 3.45. The SMILES string of the molecule is Cc1nc(NCc2ccccn2)nc(Nc2ccnn2C)c1C. The van der Waals surface area contributed by atoms with Crippen LogP contribution in [0.25, 0.3) is 0 Å². The molecule has 2 N–H and O–H groups in total. The van der Waals surface area contributed by atoms with Gasteiger partial charge >= 0.3 is 0 Å². The Morgan fingerprint density at radius 2 is 1.96 bits per heavy atom. The Balaban J connectivity index is 1.80. The molecule has 0 saturated carbocycles. The molecular weight excluding hydrogens is 290 g/mol. The highest BCUT2D eigenvalue weighted by Crippen LogP contribution is 2.21. The second kappa shape index (κ2) is 6.43. The molecule has 3 aromatic heterocycles. The largest absolute Gasteiger partial charge is 0.349 e. The topological polar surface area (TPSA) is 80.6 Å². The van der Waals surface area contributed by atoms with Gasteiger partial charge < -0.3 is 10.6 Å². The molecule has 118 valence electrons. The molecule has 3 heterocycles. The van der Waals surface area contributed by atoms with Crippen LogP contribution in [-0.2, 0) is 13.6 Å². The van der Waals surface area contributed by atoms with Gasteiger partial charge in [0.15, 0.2) is 0 Å². The van der Waals surface area contributed by atoms with Gasteiger partial charge in [-0.1, -0.05) is 6.07 Å². The van der Waals surface area contributed by atoms with Crippen molar-refractivity contribution in [1.29, 1.82) is 0 Å². The molecule has 0 bridgehead atoms. The van der Waals surface area contributed by atoms with E-state index < -0.39 is 0 Å². The molecule has 0 aromatic carbocycles. The maximum atomic E-state index is 4.56. The van der Waals surface area contributed by atoms with Gasteiger partial charge in [0.25, 0.3) is 0 Å². The zero-order valence-corrected chi connectivity index (χ0v) is 13.4. The zero-order chi connectivity index (χ0) is 16.2. The van der Waals surface area contributed by atoms with Crippen LogP contribution in [0, 0.1) is 13.8 Å². The first-order valence-electron chi connectivity index (χ1n) is 7.37. The molecule has 0 aliphatic heterocycles. The van der Waals surface area contributed by atoms with Gasteiger partial charge in [0, 0.05) is 30.6 Å². The lowest BCUT2D eigenvalue weighted by Crippen LogP contribution is -2.10. The normalized spacial score (nSPS) is 10.6. The number of anilines is 3. The van der Waals surface area contributed by atoms with E-state index in [1.807, 2.05) is 45.2 Å². The minimum atomic E-state index is 0.573. The summed E-state index contributed by atoms with van der Waals surface area (Å²) in [6, 6.07) is 7.72. The zero-order valence-electron chi connectivity index (χ0n) is 13.4. The molecule has 0 aliphatic rings. The molecular formula is C16H19N7. The van der Waals surface area contributed by atoms with Crippen LogP contribution in [0.2, 0.25) is 0 Å². The van der Waals surface area contributed by atoms with Crippen molar-refractivity contribution < 1.29 is 0 Å². The van der Waals surface area contributed by atoms with Gasteiger partial charge in [0.05, 0.1) is 18.4 Å². The van der Waals surface area contributed by atoms with E-state index >= 15 is 0 Å². The van der Waals surface area contributed by atoms with Crippen LogP contribution in [0.1, 0.15) is 17.0 Å². The molecule has 23 heavy (non-hydrogen) atoms. The number of hydrogen-bond donors (Lipinski definition) is 2. The highest BCUT2D eigenvalue weighted by atomic mass is 15.3. The summed E-state index contributed by atoms with van der Waals surface area (Å²) in [7, 11) is 1.88. The van der Waals surface area contributed by atoms with Crippen molar-refractivity contribution in [3.05, 3.63) is 53.6 Å². The van der Waals surface area contributed by atoms with Crippen molar-refractivity contribution in [1.82, 2.24) is 24.7 Å². The molecule has 3 rings (SSSR count). The van der Waals surface area contributed by atoms with Crippen LogP contribution in [0.3, 0.4) is 0 Å².